The van der Waals surface area contributed by atoms with Gasteiger partial charge in [0.15, 0.2) is 0 Å². The summed E-state index contributed by atoms with van der Waals surface area (Å²) < 4.78 is 5.72. The minimum Gasteiger partial charge on any atom is -0.480 e. The number of aryl methyl sites for hydroxylation is 1. The number of aliphatic carboxylic acids is 1. The van der Waals surface area contributed by atoms with Crippen LogP contribution in [0, 0.1) is 6.92 Å². The molecule has 2 aromatic rings. The molecule has 1 aliphatic rings. The van der Waals surface area contributed by atoms with Gasteiger partial charge in [-0.1, -0.05) is 12.5 Å². The number of carboxylic acid groups (broad SMARTS) is 1. The number of rotatable bonds is 4. The second kappa shape index (κ2) is 7.26. The number of halogens is 1. The highest BCUT2D eigenvalue weighted by Crippen LogP contribution is 2.27. The topological polar surface area (TPSA) is 66.6 Å². The third-order valence-corrected chi connectivity index (χ3v) is 4.73. The molecule has 22 heavy (non-hydrogen) atoms. The van der Waals surface area contributed by atoms with Crippen LogP contribution in [0.3, 0.4) is 0 Å². The van der Waals surface area contributed by atoms with Crippen molar-refractivity contribution >= 4 is 29.7 Å². The molecule has 2 aromatic heterocycles. The van der Waals surface area contributed by atoms with E-state index in [9.17, 15) is 9.90 Å². The van der Waals surface area contributed by atoms with E-state index in [0.29, 0.717) is 18.9 Å². The van der Waals surface area contributed by atoms with Crippen LogP contribution in [0.25, 0.3) is 10.8 Å². The molecule has 0 aromatic carbocycles. The summed E-state index contributed by atoms with van der Waals surface area (Å²) in [5, 5.41) is 11.3. The molecule has 1 unspecified atom stereocenters. The third kappa shape index (κ3) is 3.51. The molecule has 0 spiro atoms. The fourth-order valence-electron chi connectivity index (χ4n) is 2.73. The van der Waals surface area contributed by atoms with E-state index in [2.05, 4.69) is 4.98 Å². The van der Waals surface area contributed by atoms with Crippen molar-refractivity contribution in [3.05, 3.63) is 29.0 Å². The van der Waals surface area contributed by atoms with Gasteiger partial charge in [-0.25, -0.2) is 4.98 Å². The van der Waals surface area contributed by atoms with Crippen LogP contribution in [-0.2, 0) is 11.3 Å². The lowest BCUT2D eigenvalue weighted by Gasteiger charge is -2.32. The SMILES string of the molecule is Cc1oc(-c2cccs2)nc1CN1CCCCC1C(=O)O.Cl. The van der Waals surface area contributed by atoms with Gasteiger partial charge in [-0.2, -0.15) is 0 Å². The van der Waals surface area contributed by atoms with Gasteiger partial charge in [0.1, 0.15) is 11.8 Å². The van der Waals surface area contributed by atoms with Crippen molar-refractivity contribution in [3.63, 3.8) is 0 Å². The second-order valence-corrected chi connectivity index (χ2v) is 6.27. The maximum atomic E-state index is 11.3. The molecule has 1 fully saturated rings. The maximum Gasteiger partial charge on any atom is 0.320 e. The lowest BCUT2D eigenvalue weighted by molar-refractivity contribution is -0.144. The van der Waals surface area contributed by atoms with Crippen molar-refractivity contribution in [3.8, 4) is 10.8 Å². The van der Waals surface area contributed by atoms with Crippen LogP contribution in [0.15, 0.2) is 21.9 Å². The number of hydrogen-bond donors (Lipinski definition) is 1. The first-order valence-corrected chi connectivity index (χ1v) is 8.00. The Kier molecular flexibility index (Phi) is 5.61. The van der Waals surface area contributed by atoms with Gasteiger partial charge in [0.2, 0.25) is 5.89 Å². The zero-order valence-corrected chi connectivity index (χ0v) is 14.0. The highest BCUT2D eigenvalue weighted by atomic mass is 35.5. The van der Waals surface area contributed by atoms with Crippen LogP contribution in [0.1, 0.15) is 30.7 Å². The molecule has 0 saturated carbocycles. The van der Waals surface area contributed by atoms with Gasteiger partial charge in [0, 0.05) is 6.54 Å². The first kappa shape index (κ1) is 17.0. The van der Waals surface area contributed by atoms with E-state index in [1.165, 1.54) is 0 Å². The van der Waals surface area contributed by atoms with Crippen molar-refractivity contribution in [2.45, 2.75) is 38.8 Å². The summed E-state index contributed by atoms with van der Waals surface area (Å²) in [5.41, 5.74) is 0.839. The van der Waals surface area contributed by atoms with Crippen LogP contribution in [0.2, 0.25) is 0 Å². The number of piperidine rings is 1. The fraction of sp³-hybridized carbons (Fsp3) is 0.467. The first-order chi connectivity index (χ1) is 10.1. The fourth-order valence-corrected chi connectivity index (χ4v) is 3.38. The van der Waals surface area contributed by atoms with Gasteiger partial charge >= 0.3 is 5.97 Å². The number of likely N-dealkylation sites (tertiary alicyclic amines) is 1. The maximum absolute atomic E-state index is 11.3. The molecular formula is C15H19ClN2O3S. The lowest BCUT2D eigenvalue weighted by Crippen LogP contribution is -2.44. The van der Waals surface area contributed by atoms with Gasteiger partial charge in [0.05, 0.1) is 10.6 Å². The number of hydrogen-bond acceptors (Lipinski definition) is 5. The van der Waals surface area contributed by atoms with Crippen molar-refractivity contribution in [2.24, 2.45) is 0 Å². The molecule has 5 nitrogen and oxygen atoms in total. The molecular weight excluding hydrogens is 324 g/mol. The van der Waals surface area contributed by atoms with Gasteiger partial charge in [-0.05, 0) is 37.8 Å². The Morgan fingerprint density at radius 1 is 1.55 bits per heavy atom. The summed E-state index contributed by atoms with van der Waals surface area (Å²) in [4.78, 5) is 18.9. The minimum absolute atomic E-state index is 0. The van der Waals surface area contributed by atoms with Gasteiger partial charge in [-0.15, -0.1) is 23.7 Å². The average molecular weight is 343 g/mol. The Labute approximate surface area is 139 Å². The number of carboxylic acids is 1. The molecule has 7 heteroatoms. The first-order valence-electron chi connectivity index (χ1n) is 7.12. The minimum atomic E-state index is -0.741. The highest BCUT2D eigenvalue weighted by Gasteiger charge is 2.29. The van der Waals surface area contributed by atoms with Crippen molar-refractivity contribution < 1.29 is 14.3 Å². The Hall–Kier alpha value is -1.37. The summed E-state index contributed by atoms with van der Waals surface area (Å²) in [6, 6.07) is 3.53. The Morgan fingerprint density at radius 2 is 2.36 bits per heavy atom. The lowest BCUT2D eigenvalue weighted by atomic mass is 10.0. The van der Waals surface area contributed by atoms with Crippen LogP contribution >= 0.6 is 23.7 Å². The zero-order valence-electron chi connectivity index (χ0n) is 12.3. The van der Waals surface area contributed by atoms with Crippen molar-refractivity contribution in [1.29, 1.82) is 0 Å². The molecule has 3 heterocycles. The van der Waals surface area contributed by atoms with Gasteiger partial charge < -0.3 is 9.52 Å². The molecule has 0 amide bonds. The normalized spacial score (nSPS) is 18.9. The van der Waals surface area contributed by atoms with E-state index in [1.807, 2.05) is 29.3 Å². The standard InChI is InChI=1S/C15H18N2O3S.ClH/c1-10-11(16-14(20-10)13-6-4-8-21-13)9-17-7-3-2-5-12(17)15(18)19;/h4,6,8,12H,2-3,5,7,9H2,1H3,(H,18,19);1H. The molecule has 1 N–H and O–H groups in total. The van der Waals surface area contributed by atoms with Crippen LogP contribution in [0.4, 0.5) is 0 Å². The summed E-state index contributed by atoms with van der Waals surface area (Å²) in [7, 11) is 0. The van der Waals surface area contributed by atoms with Gasteiger partial charge in [-0.3, -0.25) is 9.69 Å². The molecule has 1 aliphatic heterocycles. The van der Waals surface area contributed by atoms with Crippen molar-refractivity contribution in [1.82, 2.24) is 9.88 Å². The highest BCUT2D eigenvalue weighted by molar-refractivity contribution is 7.13. The molecule has 1 saturated heterocycles. The van der Waals surface area contributed by atoms with E-state index in [1.54, 1.807) is 11.3 Å². The van der Waals surface area contributed by atoms with E-state index < -0.39 is 12.0 Å². The molecule has 1 atom stereocenters. The summed E-state index contributed by atoms with van der Waals surface area (Å²) in [6.45, 7) is 3.23. The number of oxazole rings is 1. The van der Waals surface area contributed by atoms with E-state index in [-0.39, 0.29) is 12.4 Å². The van der Waals surface area contributed by atoms with E-state index in [4.69, 9.17) is 4.42 Å². The number of thiophene rings is 1. The predicted molar refractivity (Wildman–Crippen MR) is 87.5 cm³/mol. The van der Waals surface area contributed by atoms with Crippen LogP contribution in [-0.4, -0.2) is 33.5 Å². The Bertz CT molecular complexity index is 627. The van der Waals surface area contributed by atoms with Crippen LogP contribution in [0.5, 0.6) is 0 Å². The summed E-state index contributed by atoms with van der Waals surface area (Å²) in [6.07, 6.45) is 2.73. The second-order valence-electron chi connectivity index (χ2n) is 5.32. The molecule has 0 radical (unpaired) electrons. The molecule has 0 bridgehead atoms. The van der Waals surface area contributed by atoms with E-state index in [0.717, 1.165) is 35.7 Å². The van der Waals surface area contributed by atoms with Crippen LogP contribution < -0.4 is 0 Å². The van der Waals surface area contributed by atoms with Crippen molar-refractivity contribution in [2.75, 3.05) is 6.54 Å². The summed E-state index contributed by atoms with van der Waals surface area (Å²) in [5.74, 6) is 0.656. The van der Waals surface area contributed by atoms with E-state index >= 15 is 0 Å². The third-order valence-electron chi connectivity index (χ3n) is 3.88. The molecule has 0 aliphatic carbocycles. The predicted octanol–water partition coefficient (Wildman–Crippen LogP) is 3.57. The number of aromatic nitrogens is 1. The quantitative estimate of drug-likeness (QED) is 0.920. The summed E-state index contributed by atoms with van der Waals surface area (Å²) >= 11 is 1.59. The Balaban J connectivity index is 0.00000176. The zero-order chi connectivity index (χ0) is 14.8. The molecule has 120 valence electrons. The number of carbonyl (C=O) groups is 1. The monoisotopic (exact) mass is 342 g/mol. The molecule has 3 rings (SSSR count). The van der Waals surface area contributed by atoms with Gasteiger partial charge in [0.25, 0.3) is 0 Å². The largest absolute Gasteiger partial charge is 0.480 e. The smallest absolute Gasteiger partial charge is 0.320 e. The average Bonchev–Trinajstić information content (AvgIpc) is 3.10. The number of nitrogens with zero attached hydrogens (tertiary/aromatic N) is 2. The Morgan fingerprint density at radius 3 is 3.05 bits per heavy atom.